The first-order chi connectivity index (χ1) is 14.7. The minimum atomic E-state index is -3.28. The van der Waals surface area contributed by atoms with E-state index >= 15 is 0 Å². The predicted molar refractivity (Wildman–Crippen MR) is 122 cm³/mol. The average molecular weight is 451 g/mol. The first-order valence-electron chi connectivity index (χ1n) is 11.1. The molecule has 0 spiro atoms. The summed E-state index contributed by atoms with van der Waals surface area (Å²) in [6, 6.07) is 7.73. The SMILES string of the molecule is CC(=O)N1CCN(c2ccc(NC(=O)C3CCC(NS(=O)(=O)C(C)C)CC3)cc2)CC1. The van der Waals surface area contributed by atoms with Gasteiger partial charge in [-0.3, -0.25) is 9.59 Å². The van der Waals surface area contributed by atoms with Crippen molar-refractivity contribution in [3.05, 3.63) is 24.3 Å². The van der Waals surface area contributed by atoms with Gasteiger partial charge >= 0.3 is 0 Å². The molecule has 3 rings (SSSR count). The van der Waals surface area contributed by atoms with Gasteiger partial charge in [-0.05, 0) is 63.8 Å². The van der Waals surface area contributed by atoms with E-state index in [0.29, 0.717) is 25.7 Å². The largest absolute Gasteiger partial charge is 0.368 e. The highest BCUT2D eigenvalue weighted by atomic mass is 32.2. The molecule has 1 heterocycles. The lowest BCUT2D eigenvalue weighted by molar-refractivity contribution is -0.129. The summed E-state index contributed by atoms with van der Waals surface area (Å²) in [4.78, 5) is 28.2. The fourth-order valence-corrected chi connectivity index (χ4v) is 5.09. The van der Waals surface area contributed by atoms with Crippen molar-refractivity contribution in [1.29, 1.82) is 0 Å². The molecule has 0 aromatic heterocycles. The molecule has 1 saturated carbocycles. The second kappa shape index (κ2) is 9.99. The molecule has 31 heavy (non-hydrogen) atoms. The summed E-state index contributed by atoms with van der Waals surface area (Å²) in [5.41, 5.74) is 1.85. The lowest BCUT2D eigenvalue weighted by atomic mass is 9.86. The summed E-state index contributed by atoms with van der Waals surface area (Å²) >= 11 is 0. The quantitative estimate of drug-likeness (QED) is 0.692. The molecule has 1 aromatic rings. The van der Waals surface area contributed by atoms with Crippen LogP contribution in [-0.2, 0) is 19.6 Å². The molecular weight excluding hydrogens is 416 g/mol. The van der Waals surface area contributed by atoms with Gasteiger partial charge in [-0.15, -0.1) is 0 Å². The van der Waals surface area contributed by atoms with Crippen LogP contribution >= 0.6 is 0 Å². The number of benzene rings is 1. The Morgan fingerprint density at radius 2 is 1.55 bits per heavy atom. The zero-order valence-corrected chi connectivity index (χ0v) is 19.5. The maximum atomic E-state index is 12.7. The van der Waals surface area contributed by atoms with Crippen molar-refractivity contribution in [3.8, 4) is 0 Å². The van der Waals surface area contributed by atoms with E-state index < -0.39 is 15.3 Å². The number of piperazine rings is 1. The number of sulfonamides is 1. The van der Waals surface area contributed by atoms with Gasteiger partial charge in [-0.1, -0.05) is 0 Å². The molecule has 1 aliphatic heterocycles. The summed E-state index contributed by atoms with van der Waals surface area (Å²) in [7, 11) is -3.28. The Bertz CT molecular complexity index is 869. The van der Waals surface area contributed by atoms with E-state index in [1.54, 1.807) is 20.8 Å². The van der Waals surface area contributed by atoms with Gasteiger partial charge < -0.3 is 15.1 Å². The number of carbonyl (C=O) groups excluding carboxylic acids is 2. The van der Waals surface area contributed by atoms with Gasteiger partial charge in [0, 0.05) is 56.4 Å². The Morgan fingerprint density at radius 1 is 0.968 bits per heavy atom. The summed E-state index contributed by atoms with van der Waals surface area (Å²) in [6.07, 6.45) is 2.70. The van der Waals surface area contributed by atoms with Crippen LogP contribution in [0.3, 0.4) is 0 Å². The van der Waals surface area contributed by atoms with Gasteiger partial charge in [0.1, 0.15) is 0 Å². The Balaban J connectivity index is 1.47. The number of rotatable bonds is 6. The smallest absolute Gasteiger partial charge is 0.227 e. The van der Waals surface area contributed by atoms with Crippen LogP contribution in [0.4, 0.5) is 11.4 Å². The Morgan fingerprint density at radius 3 is 2.06 bits per heavy atom. The van der Waals surface area contributed by atoms with Crippen molar-refractivity contribution in [3.63, 3.8) is 0 Å². The van der Waals surface area contributed by atoms with Crippen LogP contribution in [0.2, 0.25) is 0 Å². The Hall–Kier alpha value is -2.13. The molecule has 8 nitrogen and oxygen atoms in total. The van der Waals surface area contributed by atoms with Crippen LogP contribution in [0.25, 0.3) is 0 Å². The number of amides is 2. The van der Waals surface area contributed by atoms with Crippen molar-refractivity contribution in [2.45, 2.75) is 57.7 Å². The zero-order valence-electron chi connectivity index (χ0n) is 18.6. The van der Waals surface area contributed by atoms with Crippen molar-refractivity contribution >= 4 is 33.2 Å². The van der Waals surface area contributed by atoms with E-state index in [1.807, 2.05) is 29.2 Å². The number of carbonyl (C=O) groups is 2. The average Bonchev–Trinajstić information content (AvgIpc) is 2.74. The van der Waals surface area contributed by atoms with Crippen LogP contribution < -0.4 is 14.9 Å². The monoisotopic (exact) mass is 450 g/mol. The zero-order chi connectivity index (χ0) is 22.6. The fourth-order valence-electron chi connectivity index (χ4n) is 4.12. The minimum absolute atomic E-state index is 0.00649. The molecule has 1 aliphatic carbocycles. The summed E-state index contributed by atoms with van der Waals surface area (Å²) in [6.45, 7) is 7.99. The van der Waals surface area contributed by atoms with Gasteiger partial charge in [0.2, 0.25) is 21.8 Å². The number of hydrogen-bond donors (Lipinski definition) is 2. The molecule has 2 amide bonds. The first kappa shape index (κ1) is 23.5. The van der Waals surface area contributed by atoms with Crippen LogP contribution in [0.1, 0.15) is 46.5 Å². The molecule has 2 fully saturated rings. The molecule has 2 aliphatic rings. The molecule has 0 unspecified atom stereocenters. The first-order valence-corrected chi connectivity index (χ1v) is 12.6. The third-order valence-electron chi connectivity index (χ3n) is 6.27. The maximum absolute atomic E-state index is 12.7. The second-order valence-corrected chi connectivity index (χ2v) is 11.1. The molecule has 0 atom stereocenters. The number of hydrogen-bond acceptors (Lipinski definition) is 5. The maximum Gasteiger partial charge on any atom is 0.227 e. The van der Waals surface area contributed by atoms with E-state index in [1.165, 1.54) is 0 Å². The lowest BCUT2D eigenvalue weighted by Crippen LogP contribution is -2.48. The molecule has 9 heteroatoms. The topological polar surface area (TPSA) is 98.8 Å². The van der Waals surface area contributed by atoms with Crippen molar-refractivity contribution < 1.29 is 18.0 Å². The highest BCUT2D eigenvalue weighted by Gasteiger charge is 2.29. The standard InChI is InChI=1S/C22H34N4O4S/c1-16(2)31(29,30)24-20-6-4-18(5-7-20)22(28)23-19-8-10-21(11-9-19)26-14-12-25(13-15-26)17(3)27/h8-11,16,18,20,24H,4-7,12-15H2,1-3H3,(H,23,28). The van der Waals surface area contributed by atoms with E-state index in [2.05, 4.69) is 14.9 Å². The second-order valence-electron chi connectivity index (χ2n) is 8.79. The summed E-state index contributed by atoms with van der Waals surface area (Å²) < 4.78 is 26.8. The minimum Gasteiger partial charge on any atom is -0.368 e. The van der Waals surface area contributed by atoms with E-state index in [4.69, 9.17) is 0 Å². The highest BCUT2D eigenvalue weighted by Crippen LogP contribution is 2.27. The van der Waals surface area contributed by atoms with Gasteiger partial charge in [0.25, 0.3) is 0 Å². The van der Waals surface area contributed by atoms with Crippen LogP contribution in [0.15, 0.2) is 24.3 Å². The molecular formula is C22H34N4O4S. The molecule has 1 saturated heterocycles. The Kier molecular flexibility index (Phi) is 7.59. The third-order valence-corrected chi connectivity index (χ3v) is 8.18. The van der Waals surface area contributed by atoms with E-state index in [-0.39, 0.29) is 23.8 Å². The third kappa shape index (κ3) is 6.20. The van der Waals surface area contributed by atoms with Crippen LogP contribution in [0, 0.1) is 5.92 Å². The number of anilines is 2. The predicted octanol–water partition coefficient (Wildman–Crippen LogP) is 2.18. The summed E-state index contributed by atoms with van der Waals surface area (Å²) in [5.74, 6) is 0.0104. The lowest BCUT2D eigenvalue weighted by Gasteiger charge is -2.35. The molecule has 0 radical (unpaired) electrons. The van der Waals surface area contributed by atoms with Gasteiger partial charge in [0.05, 0.1) is 5.25 Å². The van der Waals surface area contributed by atoms with Crippen LogP contribution in [-0.4, -0.2) is 62.6 Å². The molecule has 2 N–H and O–H groups in total. The Labute approximate surface area is 185 Å². The number of nitrogens with zero attached hydrogens (tertiary/aromatic N) is 2. The van der Waals surface area contributed by atoms with Gasteiger partial charge in [-0.2, -0.15) is 0 Å². The van der Waals surface area contributed by atoms with Gasteiger partial charge in [0.15, 0.2) is 0 Å². The highest BCUT2D eigenvalue weighted by molar-refractivity contribution is 7.90. The molecule has 1 aromatic carbocycles. The van der Waals surface area contributed by atoms with Crippen molar-refractivity contribution in [1.82, 2.24) is 9.62 Å². The van der Waals surface area contributed by atoms with Crippen molar-refractivity contribution in [2.24, 2.45) is 5.92 Å². The number of nitrogens with one attached hydrogen (secondary N) is 2. The van der Waals surface area contributed by atoms with Crippen LogP contribution in [0.5, 0.6) is 0 Å². The summed E-state index contributed by atoms with van der Waals surface area (Å²) in [5, 5.41) is 2.55. The van der Waals surface area contributed by atoms with E-state index in [9.17, 15) is 18.0 Å². The normalized spacial score (nSPS) is 22.5. The van der Waals surface area contributed by atoms with E-state index in [0.717, 1.165) is 37.6 Å². The van der Waals surface area contributed by atoms with Crippen molar-refractivity contribution in [2.75, 3.05) is 36.4 Å². The molecule has 172 valence electrons. The fraction of sp³-hybridized carbons (Fsp3) is 0.636. The molecule has 0 bridgehead atoms. The van der Waals surface area contributed by atoms with Gasteiger partial charge in [-0.25, -0.2) is 13.1 Å².